The van der Waals surface area contributed by atoms with Crippen LogP contribution in [0.5, 0.6) is 0 Å². The third-order valence-corrected chi connectivity index (χ3v) is 3.13. The molecule has 0 unspecified atom stereocenters. The summed E-state index contributed by atoms with van der Waals surface area (Å²) in [5, 5.41) is 4.76. The molecule has 2 rings (SSSR count). The molecule has 0 aromatic carbocycles. The number of carbonyl (C=O) groups excluding carboxylic acids is 1. The first kappa shape index (κ1) is 12.3. The van der Waals surface area contributed by atoms with E-state index in [4.69, 9.17) is 23.2 Å². The Morgan fingerprint density at radius 1 is 1.47 bits per heavy atom. The molecule has 0 amide bonds. The maximum atomic E-state index is 11.2. The SMILES string of the molecule is Cc1nn(C(C)C)c2ncc(C(=O)Cl)c(Cl)c12. The van der Waals surface area contributed by atoms with Crippen molar-refractivity contribution in [3.05, 3.63) is 22.5 Å². The number of aryl methyl sites for hydroxylation is 1. The summed E-state index contributed by atoms with van der Waals surface area (Å²) in [7, 11) is 0. The summed E-state index contributed by atoms with van der Waals surface area (Å²) in [6.07, 6.45) is 1.39. The normalized spacial score (nSPS) is 11.4. The van der Waals surface area contributed by atoms with E-state index in [9.17, 15) is 4.79 Å². The highest BCUT2D eigenvalue weighted by Crippen LogP contribution is 2.30. The van der Waals surface area contributed by atoms with Crippen molar-refractivity contribution in [2.24, 2.45) is 0 Å². The minimum atomic E-state index is -0.610. The molecule has 6 heteroatoms. The van der Waals surface area contributed by atoms with Crippen LogP contribution in [0, 0.1) is 6.92 Å². The number of pyridine rings is 1. The van der Waals surface area contributed by atoms with E-state index in [2.05, 4.69) is 10.1 Å². The Morgan fingerprint density at radius 3 is 2.65 bits per heavy atom. The second-order valence-electron chi connectivity index (χ2n) is 4.08. The summed E-state index contributed by atoms with van der Waals surface area (Å²) >= 11 is 11.6. The minimum absolute atomic E-state index is 0.173. The molecule has 0 radical (unpaired) electrons. The number of halogens is 2. The van der Waals surface area contributed by atoms with E-state index in [0.29, 0.717) is 16.1 Å². The summed E-state index contributed by atoms with van der Waals surface area (Å²) in [6, 6.07) is 0.173. The predicted molar refractivity (Wildman–Crippen MR) is 67.8 cm³/mol. The van der Waals surface area contributed by atoms with Crippen LogP contribution < -0.4 is 0 Å². The average Bonchev–Trinajstić information content (AvgIpc) is 2.56. The van der Waals surface area contributed by atoms with Crippen molar-refractivity contribution < 1.29 is 4.79 Å². The maximum Gasteiger partial charge on any atom is 0.255 e. The number of aromatic nitrogens is 3. The highest BCUT2D eigenvalue weighted by atomic mass is 35.5. The van der Waals surface area contributed by atoms with Crippen molar-refractivity contribution in [2.45, 2.75) is 26.8 Å². The molecule has 0 saturated heterocycles. The molecule has 2 aromatic heterocycles. The van der Waals surface area contributed by atoms with Crippen LogP contribution in [0.1, 0.15) is 35.9 Å². The van der Waals surface area contributed by atoms with E-state index in [1.165, 1.54) is 6.20 Å². The fourth-order valence-electron chi connectivity index (χ4n) is 1.73. The zero-order valence-corrected chi connectivity index (χ0v) is 11.2. The van der Waals surface area contributed by atoms with Gasteiger partial charge in [0.1, 0.15) is 0 Å². The van der Waals surface area contributed by atoms with E-state index >= 15 is 0 Å². The Labute approximate surface area is 109 Å². The van der Waals surface area contributed by atoms with Gasteiger partial charge < -0.3 is 0 Å². The molecule has 2 heterocycles. The summed E-state index contributed by atoms with van der Waals surface area (Å²) in [6.45, 7) is 5.83. The number of rotatable bonds is 2. The molecule has 0 aliphatic carbocycles. The Morgan fingerprint density at radius 2 is 2.12 bits per heavy atom. The molecule has 0 N–H and O–H groups in total. The largest absolute Gasteiger partial charge is 0.275 e. The molecular weight excluding hydrogens is 261 g/mol. The number of carbonyl (C=O) groups is 1. The first-order valence-electron chi connectivity index (χ1n) is 5.16. The molecule has 0 aliphatic heterocycles. The van der Waals surface area contributed by atoms with Crippen molar-refractivity contribution in [1.29, 1.82) is 0 Å². The topological polar surface area (TPSA) is 47.8 Å². The standard InChI is InChI=1S/C11H11Cl2N3O/c1-5(2)16-11-8(6(3)15-16)9(12)7(4-14-11)10(13)17/h4-5H,1-3H3. The summed E-state index contributed by atoms with van der Waals surface area (Å²) in [5.74, 6) is 0. The Hall–Kier alpha value is -1.13. The number of nitrogens with zero attached hydrogens (tertiary/aromatic N) is 3. The Balaban J connectivity index is 2.83. The average molecular weight is 272 g/mol. The molecule has 0 spiro atoms. The minimum Gasteiger partial charge on any atom is -0.275 e. The van der Waals surface area contributed by atoms with Crippen LogP contribution in [0.4, 0.5) is 0 Å². The summed E-state index contributed by atoms with van der Waals surface area (Å²) < 4.78 is 1.78. The first-order chi connectivity index (χ1) is 7.93. The van der Waals surface area contributed by atoms with Crippen molar-refractivity contribution in [3.63, 3.8) is 0 Å². The first-order valence-corrected chi connectivity index (χ1v) is 5.92. The number of fused-ring (bicyclic) bond motifs is 1. The van der Waals surface area contributed by atoms with Gasteiger partial charge in [-0.3, -0.25) is 4.79 Å². The zero-order valence-electron chi connectivity index (χ0n) is 9.66. The molecule has 0 atom stereocenters. The molecule has 4 nitrogen and oxygen atoms in total. The van der Waals surface area contributed by atoms with Gasteiger partial charge >= 0.3 is 0 Å². The molecule has 0 bridgehead atoms. The van der Waals surface area contributed by atoms with Crippen LogP contribution in [0.3, 0.4) is 0 Å². The van der Waals surface area contributed by atoms with Gasteiger partial charge in [0, 0.05) is 12.2 Å². The van der Waals surface area contributed by atoms with E-state index in [1.54, 1.807) is 4.68 Å². The van der Waals surface area contributed by atoms with Gasteiger partial charge in [0.05, 0.1) is 21.7 Å². The lowest BCUT2D eigenvalue weighted by Gasteiger charge is -2.06. The van der Waals surface area contributed by atoms with Crippen LogP contribution >= 0.6 is 23.2 Å². The maximum absolute atomic E-state index is 11.2. The van der Waals surface area contributed by atoms with Crippen molar-refractivity contribution in [3.8, 4) is 0 Å². The van der Waals surface area contributed by atoms with Crippen LogP contribution in [0.15, 0.2) is 6.20 Å². The molecular formula is C11H11Cl2N3O. The smallest absolute Gasteiger partial charge is 0.255 e. The molecule has 0 aliphatic rings. The molecule has 17 heavy (non-hydrogen) atoms. The van der Waals surface area contributed by atoms with Gasteiger partial charge in [0.15, 0.2) is 5.65 Å². The third kappa shape index (κ3) is 1.91. The number of hydrogen-bond donors (Lipinski definition) is 0. The monoisotopic (exact) mass is 271 g/mol. The van der Waals surface area contributed by atoms with Crippen molar-refractivity contribution >= 4 is 39.5 Å². The van der Waals surface area contributed by atoms with Crippen LogP contribution in [-0.2, 0) is 0 Å². The summed E-state index contributed by atoms with van der Waals surface area (Å²) in [5.41, 5.74) is 1.63. The lowest BCUT2D eigenvalue weighted by molar-refractivity contribution is 0.108. The van der Waals surface area contributed by atoms with Crippen LogP contribution in [0.25, 0.3) is 11.0 Å². The quantitative estimate of drug-likeness (QED) is 0.787. The van der Waals surface area contributed by atoms with Crippen LogP contribution in [-0.4, -0.2) is 20.0 Å². The number of hydrogen-bond acceptors (Lipinski definition) is 3. The Kier molecular flexibility index (Phi) is 3.10. The fraction of sp³-hybridized carbons (Fsp3) is 0.364. The van der Waals surface area contributed by atoms with Gasteiger partial charge in [0.2, 0.25) is 0 Å². The molecule has 2 aromatic rings. The Bertz CT molecular complexity index is 604. The molecule has 0 saturated carbocycles. The van der Waals surface area contributed by atoms with Gasteiger partial charge in [-0.1, -0.05) is 11.6 Å². The zero-order chi connectivity index (χ0) is 12.7. The van der Waals surface area contributed by atoms with E-state index in [-0.39, 0.29) is 11.6 Å². The lowest BCUT2D eigenvalue weighted by Crippen LogP contribution is -2.04. The van der Waals surface area contributed by atoms with Gasteiger partial charge in [-0.05, 0) is 32.4 Å². The van der Waals surface area contributed by atoms with Crippen LogP contribution in [0.2, 0.25) is 5.02 Å². The molecule has 90 valence electrons. The van der Waals surface area contributed by atoms with E-state index in [0.717, 1.165) is 5.69 Å². The van der Waals surface area contributed by atoms with E-state index in [1.807, 2.05) is 20.8 Å². The lowest BCUT2D eigenvalue weighted by atomic mass is 10.2. The van der Waals surface area contributed by atoms with Gasteiger partial charge in [-0.15, -0.1) is 0 Å². The van der Waals surface area contributed by atoms with Gasteiger partial charge in [-0.2, -0.15) is 5.10 Å². The second-order valence-corrected chi connectivity index (χ2v) is 4.80. The second kappa shape index (κ2) is 4.27. The van der Waals surface area contributed by atoms with E-state index < -0.39 is 5.24 Å². The summed E-state index contributed by atoms with van der Waals surface area (Å²) in [4.78, 5) is 15.4. The van der Waals surface area contributed by atoms with Crippen molar-refractivity contribution in [2.75, 3.05) is 0 Å². The van der Waals surface area contributed by atoms with Crippen molar-refractivity contribution in [1.82, 2.24) is 14.8 Å². The van der Waals surface area contributed by atoms with Gasteiger partial charge in [0.25, 0.3) is 5.24 Å². The fourth-order valence-corrected chi connectivity index (χ4v) is 2.28. The highest BCUT2D eigenvalue weighted by Gasteiger charge is 2.18. The van der Waals surface area contributed by atoms with Gasteiger partial charge in [-0.25, -0.2) is 9.67 Å². The molecule has 0 fully saturated rings. The third-order valence-electron chi connectivity index (χ3n) is 2.53. The predicted octanol–water partition coefficient (Wildman–Crippen LogP) is 3.35. The highest BCUT2D eigenvalue weighted by molar-refractivity contribution is 6.69.